The van der Waals surface area contributed by atoms with Crippen molar-refractivity contribution in [2.75, 3.05) is 59.5 Å². The lowest BCUT2D eigenvalue weighted by Crippen LogP contribution is -2.41. The van der Waals surface area contributed by atoms with E-state index in [-0.39, 0.29) is 29.9 Å². The molecule has 1 aromatic carbocycles. The largest absolute Gasteiger partial charge is 0.469 e. The van der Waals surface area contributed by atoms with Crippen molar-refractivity contribution in [3.05, 3.63) is 59.5 Å². The Balaban J connectivity index is 0.00000363. The van der Waals surface area contributed by atoms with Gasteiger partial charge in [-0.3, -0.25) is 14.7 Å². The minimum atomic E-state index is -0.0697. The van der Waals surface area contributed by atoms with Gasteiger partial charge in [-0.2, -0.15) is 0 Å². The first-order chi connectivity index (χ1) is 15.2. The average molecular weight is 555 g/mol. The normalized spacial score (nSPS) is 14.5. The van der Waals surface area contributed by atoms with Crippen LogP contribution in [-0.4, -0.2) is 76.3 Å². The van der Waals surface area contributed by atoms with Gasteiger partial charge in [-0.25, -0.2) is 0 Å². The van der Waals surface area contributed by atoms with Gasteiger partial charge in [0.1, 0.15) is 5.76 Å². The number of guanidine groups is 1. The fraction of sp³-hybridized carbons (Fsp3) is 0.478. The van der Waals surface area contributed by atoms with Crippen LogP contribution < -0.4 is 16.0 Å². The highest BCUT2D eigenvalue weighted by Crippen LogP contribution is 2.06. The maximum Gasteiger partial charge on any atom is 0.251 e. The SMILES string of the molecule is CNC(=O)c1cccc(CCNC(=NCCN2CCOCC2)NCCc2ccco2)c1.I. The zero-order valence-electron chi connectivity index (χ0n) is 18.6. The molecule has 1 amide bonds. The van der Waals surface area contributed by atoms with Gasteiger partial charge in [0.05, 0.1) is 26.0 Å². The van der Waals surface area contributed by atoms with E-state index in [0.717, 1.165) is 82.6 Å². The summed E-state index contributed by atoms with van der Waals surface area (Å²) < 4.78 is 10.8. The summed E-state index contributed by atoms with van der Waals surface area (Å²) in [6.45, 7) is 6.63. The molecule has 2 heterocycles. The van der Waals surface area contributed by atoms with Gasteiger partial charge in [0, 0.05) is 51.8 Å². The third-order valence-electron chi connectivity index (χ3n) is 5.16. The zero-order valence-corrected chi connectivity index (χ0v) is 21.0. The Kier molecular flexibility index (Phi) is 12.1. The standard InChI is InChI=1S/C23H33N5O3.HI/c1-24-22(29)20-5-2-4-19(18-20)7-9-25-23(26-10-8-21-6-3-15-31-21)27-11-12-28-13-16-30-17-14-28;/h2-6,15,18H,7-14,16-17H2,1H3,(H,24,29)(H2,25,26,27);1H. The number of nitrogens with one attached hydrogen (secondary N) is 3. The topological polar surface area (TPSA) is 91.1 Å². The summed E-state index contributed by atoms with van der Waals surface area (Å²) in [5.41, 5.74) is 1.79. The van der Waals surface area contributed by atoms with E-state index >= 15 is 0 Å². The highest BCUT2D eigenvalue weighted by atomic mass is 127. The molecule has 0 unspecified atom stereocenters. The Hall–Kier alpha value is -2.11. The molecule has 0 saturated carbocycles. The number of aliphatic imine (C=N–C) groups is 1. The minimum absolute atomic E-state index is 0. The second-order valence-electron chi connectivity index (χ2n) is 7.40. The second-order valence-corrected chi connectivity index (χ2v) is 7.40. The summed E-state index contributed by atoms with van der Waals surface area (Å²) in [5.74, 6) is 1.67. The van der Waals surface area contributed by atoms with Gasteiger partial charge in [0.15, 0.2) is 5.96 Å². The van der Waals surface area contributed by atoms with E-state index < -0.39 is 0 Å². The highest BCUT2D eigenvalue weighted by Gasteiger charge is 2.09. The predicted octanol–water partition coefficient (Wildman–Crippen LogP) is 1.91. The average Bonchev–Trinajstić information content (AvgIpc) is 3.33. The lowest BCUT2D eigenvalue weighted by atomic mass is 10.1. The predicted molar refractivity (Wildman–Crippen MR) is 137 cm³/mol. The number of amides is 1. The molecule has 8 nitrogen and oxygen atoms in total. The van der Waals surface area contributed by atoms with Crippen molar-refractivity contribution in [2.45, 2.75) is 12.8 Å². The molecule has 32 heavy (non-hydrogen) atoms. The van der Waals surface area contributed by atoms with Gasteiger partial charge in [0.25, 0.3) is 5.91 Å². The van der Waals surface area contributed by atoms with Crippen molar-refractivity contribution in [3.63, 3.8) is 0 Å². The quantitative estimate of drug-likeness (QED) is 0.236. The van der Waals surface area contributed by atoms with Crippen LogP contribution in [0.2, 0.25) is 0 Å². The van der Waals surface area contributed by atoms with Crippen LogP contribution in [0.3, 0.4) is 0 Å². The summed E-state index contributed by atoms with van der Waals surface area (Å²) in [6.07, 6.45) is 3.29. The Labute approximate surface area is 207 Å². The molecule has 1 aliphatic heterocycles. The summed E-state index contributed by atoms with van der Waals surface area (Å²) in [7, 11) is 1.64. The number of halogens is 1. The van der Waals surface area contributed by atoms with Crippen LogP contribution in [0.4, 0.5) is 0 Å². The fourth-order valence-corrected chi connectivity index (χ4v) is 3.40. The molecule has 0 bridgehead atoms. The van der Waals surface area contributed by atoms with Crippen LogP contribution in [0.25, 0.3) is 0 Å². The number of hydrogen-bond acceptors (Lipinski definition) is 5. The highest BCUT2D eigenvalue weighted by molar-refractivity contribution is 14.0. The Morgan fingerprint density at radius 3 is 2.59 bits per heavy atom. The fourth-order valence-electron chi connectivity index (χ4n) is 3.40. The number of benzene rings is 1. The minimum Gasteiger partial charge on any atom is -0.469 e. The Morgan fingerprint density at radius 2 is 1.88 bits per heavy atom. The van der Waals surface area contributed by atoms with Crippen molar-refractivity contribution < 1.29 is 13.9 Å². The number of carbonyl (C=O) groups excluding carboxylic acids is 1. The number of morpholine rings is 1. The van der Waals surface area contributed by atoms with Crippen LogP contribution in [0.15, 0.2) is 52.1 Å². The summed E-state index contributed by atoms with van der Waals surface area (Å²) >= 11 is 0. The molecule has 0 spiro atoms. The van der Waals surface area contributed by atoms with E-state index in [0.29, 0.717) is 5.56 Å². The molecule has 9 heteroatoms. The monoisotopic (exact) mass is 555 g/mol. The molecule has 176 valence electrons. The molecular weight excluding hydrogens is 521 g/mol. The van der Waals surface area contributed by atoms with E-state index in [1.165, 1.54) is 0 Å². The first kappa shape index (κ1) is 26.1. The summed E-state index contributed by atoms with van der Waals surface area (Å²) in [5, 5.41) is 9.47. The van der Waals surface area contributed by atoms with Crippen molar-refractivity contribution in [2.24, 2.45) is 4.99 Å². The van der Waals surface area contributed by atoms with Crippen LogP contribution in [-0.2, 0) is 17.6 Å². The first-order valence-corrected chi connectivity index (χ1v) is 10.9. The number of rotatable bonds is 10. The zero-order chi connectivity index (χ0) is 21.7. The number of carbonyl (C=O) groups is 1. The van der Waals surface area contributed by atoms with Crippen molar-refractivity contribution in [1.29, 1.82) is 0 Å². The van der Waals surface area contributed by atoms with Gasteiger partial charge in [-0.05, 0) is 36.2 Å². The van der Waals surface area contributed by atoms with E-state index in [1.807, 2.05) is 36.4 Å². The Morgan fingerprint density at radius 1 is 1.09 bits per heavy atom. The van der Waals surface area contributed by atoms with E-state index in [4.69, 9.17) is 14.1 Å². The number of ether oxygens (including phenoxy) is 1. The van der Waals surface area contributed by atoms with E-state index in [9.17, 15) is 4.79 Å². The molecule has 0 aliphatic carbocycles. The lowest BCUT2D eigenvalue weighted by molar-refractivity contribution is 0.0394. The molecule has 1 saturated heterocycles. The van der Waals surface area contributed by atoms with Crippen molar-refractivity contribution in [1.82, 2.24) is 20.9 Å². The molecule has 1 fully saturated rings. The molecule has 0 radical (unpaired) electrons. The molecule has 1 aliphatic rings. The summed E-state index contributed by atoms with van der Waals surface area (Å²) in [4.78, 5) is 19.0. The van der Waals surface area contributed by atoms with Crippen molar-refractivity contribution in [3.8, 4) is 0 Å². The van der Waals surface area contributed by atoms with Gasteiger partial charge < -0.3 is 25.1 Å². The van der Waals surface area contributed by atoms with Gasteiger partial charge in [-0.1, -0.05) is 12.1 Å². The van der Waals surface area contributed by atoms with Crippen LogP contribution in [0.1, 0.15) is 21.7 Å². The molecule has 0 atom stereocenters. The third-order valence-corrected chi connectivity index (χ3v) is 5.16. The molecular formula is C23H34IN5O3. The number of hydrogen-bond donors (Lipinski definition) is 3. The first-order valence-electron chi connectivity index (χ1n) is 10.9. The van der Waals surface area contributed by atoms with Gasteiger partial charge in [0.2, 0.25) is 0 Å². The second kappa shape index (κ2) is 14.9. The number of nitrogens with zero attached hydrogens (tertiary/aromatic N) is 2. The van der Waals surface area contributed by atoms with E-state index in [2.05, 4.69) is 20.9 Å². The molecule has 3 rings (SSSR count). The van der Waals surface area contributed by atoms with Gasteiger partial charge >= 0.3 is 0 Å². The molecule has 3 N–H and O–H groups in total. The third kappa shape index (κ3) is 9.17. The smallest absolute Gasteiger partial charge is 0.251 e. The van der Waals surface area contributed by atoms with Crippen LogP contribution >= 0.6 is 24.0 Å². The molecule has 1 aromatic heterocycles. The summed E-state index contributed by atoms with van der Waals surface area (Å²) in [6, 6.07) is 11.6. The van der Waals surface area contributed by atoms with Gasteiger partial charge in [-0.15, -0.1) is 24.0 Å². The van der Waals surface area contributed by atoms with Crippen LogP contribution in [0.5, 0.6) is 0 Å². The maximum absolute atomic E-state index is 11.8. The van der Waals surface area contributed by atoms with Crippen molar-refractivity contribution >= 4 is 35.8 Å². The van der Waals surface area contributed by atoms with Crippen LogP contribution in [0, 0.1) is 0 Å². The number of furan rings is 1. The van der Waals surface area contributed by atoms with E-state index in [1.54, 1.807) is 13.3 Å². The Bertz CT molecular complexity index is 823. The maximum atomic E-state index is 11.8. The lowest BCUT2D eigenvalue weighted by Gasteiger charge is -2.25. The molecule has 2 aromatic rings.